The van der Waals surface area contributed by atoms with Gasteiger partial charge in [-0.25, -0.2) is 13.2 Å². The second kappa shape index (κ2) is 9.41. The molecule has 5 aromatic rings. The van der Waals surface area contributed by atoms with Crippen molar-refractivity contribution >= 4 is 43.4 Å². The molecule has 0 aliphatic rings. The molecule has 6 nitrogen and oxygen atoms in total. The van der Waals surface area contributed by atoms with Crippen LogP contribution in [0.4, 0.5) is 5.69 Å². The maximum atomic E-state index is 13.3. The van der Waals surface area contributed by atoms with Crippen LogP contribution < -0.4 is 4.72 Å². The molecule has 0 bridgehead atoms. The quantitative estimate of drug-likeness (QED) is 0.257. The normalized spacial score (nSPS) is 11.7. The number of fused-ring (bicyclic) bond motifs is 3. The third-order valence-electron chi connectivity index (χ3n) is 6.55. The van der Waals surface area contributed by atoms with Gasteiger partial charge in [-0.2, -0.15) is 0 Å². The monoisotopic (exact) mass is 512 g/mol. The molecule has 1 heterocycles. The van der Waals surface area contributed by atoms with Crippen molar-refractivity contribution in [3.63, 3.8) is 0 Å². The molecule has 0 saturated carbocycles. The second-order valence-electron chi connectivity index (χ2n) is 9.14. The average molecular weight is 513 g/mol. The summed E-state index contributed by atoms with van der Waals surface area (Å²) < 4.78 is 36.9. The minimum absolute atomic E-state index is 0.168. The molecular formula is C30H28N2O4S. The van der Waals surface area contributed by atoms with E-state index in [2.05, 4.69) is 4.72 Å². The SMILES string of the molecule is CCOC(=O)c1c(C)n(-c2ccc(C)cc2)c2c1cc(NS(=O)(=O)c1ccc(C)cc1)c1ccccc12. The van der Waals surface area contributed by atoms with Crippen molar-refractivity contribution in [2.75, 3.05) is 11.3 Å². The van der Waals surface area contributed by atoms with Gasteiger partial charge in [-0.1, -0.05) is 59.7 Å². The van der Waals surface area contributed by atoms with Crippen molar-refractivity contribution in [1.29, 1.82) is 0 Å². The van der Waals surface area contributed by atoms with Crippen LogP contribution in [0.2, 0.25) is 0 Å². The van der Waals surface area contributed by atoms with Gasteiger partial charge < -0.3 is 9.30 Å². The van der Waals surface area contributed by atoms with Crippen molar-refractivity contribution < 1.29 is 17.9 Å². The zero-order valence-corrected chi connectivity index (χ0v) is 22.0. The summed E-state index contributed by atoms with van der Waals surface area (Å²) in [5.74, 6) is -0.446. The first kappa shape index (κ1) is 24.6. The van der Waals surface area contributed by atoms with E-state index < -0.39 is 16.0 Å². The Morgan fingerprint density at radius 2 is 1.43 bits per heavy atom. The summed E-state index contributed by atoms with van der Waals surface area (Å²) in [6, 6.07) is 24.1. The molecule has 5 rings (SSSR count). The van der Waals surface area contributed by atoms with E-state index in [-0.39, 0.29) is 11.5 Å². The molecule has 0 radical (unpaired) electrons. The molecule has 7 heteroatoms. The lowest BCUT2D eigenvalue weighted by Crippen LogP contribution is -2.13. The molecule has 188 valence electrons. The van der Waals surface area contributed by atoms with Crippen molar-refractivity contribution in [1.82, 2.24) is 4.57 Å². The Morgan fingerprint density at radius 3 is 2.05 bits per heavy atom. The van der Waals surface area contributed by atoms with Crippen LogP contribution in [0.3, 0.4) is 0 Å². The molecule has 1 N–H and O–H groups in total. The highest BCUT2D eigenvalue weighted by molar-refractivity contribution is 7.92. The maximum absolute atomic E-state index is 13.3. The molecule has 37 heavy (non-hydrogen) atoms. The lowest BCUT2D eigenvalue weighted by molar-refractivity contribution is 0.0527. The molecule has 0 atom stereocenters. The average Bonchev–Trinajstić information content (AvgIpc) is 3.16. The lowest BCUT2D eigenvalue weighted by atomic mass is 10.0. The number of benzene rings is 4. The number of aromatic nitrogens is 1. The van der Waals surface area contributed by atoms with Crippen LogP contribution in [-0.4, -0.2) is 25.6 Å². The molecule has 0 unspecified atom stereocenters. The minimum atomic E-state index is -3.87. The zero-order chi connectivity index (χ0) is 26.3. The molecule has 0 spiro atoms. The fourth-order valence-corrected chi connectivity index (χ4v) is 5.82. The number of esters is 1. The van der Waals surface area contributed by atoms with Crippen molar-refractivity contribution in [3.05, 3.63) is 101 Å². The van der Waals surface area contributed by atoms with Gasteiger partial charge in [-0.05, 0) is 58.0 Å². The Hall–Kier alpha value is -4.10. The van der Waals surface area contributed by atoms with E-state index in [0.717, 1.165) is 38.8 Å². The van der Waals surface area contributed by atoms with E-state index in [1.807, 2.05) is 73.9 Å². The Kier molecular flexibility index (Phi) is 6.25. The number of ether oxygens (including phenoxy) is 1. The summed E-state index contributed by atoms with van der Waals surface area (Å²) >= 11 is 0. The highest BCUT2D eigenvalue weighted by Crippen LogP contribution is 2.39. The summed E-state index contributed by atoms with van der Waals surface area (Å²) in [5.41, 5.74) is 5.36. The Bertz CT molecular complexity index is 1750. The first-order valence-corrected chi connectivity index (χ1v) is 13.6. The fraction of sp³-hybridized carbons (Fsp3) is 0.167. The van der Waals surface area contributed by atoms with Crippen LogP contribution in [-0.2, 0) is 14.8 Å². The second-order valence-corrected chi connectivity index (χ2v) is 10.8. The van der Waals surface area contributed by atoms with Gasteiger partial charge >= 0.3 is 5.97 Å². The molecule has 0 saturated heterocycles. The van der Waals surface area contributed by atoms with Gasteiger partial charge in [0.25, 0.3) is 10.0 Å². The van der Waals surface area contributed by atoms with E-state index in [1.165, 1.54) is 0 Å². The smallest absolute Gasteiger partial charge is 0.340 e. The number of hydrogen-bond acceptors (Lipinski definition) is 4. The molecule has 4 aromatic carbocycles. The number of rotatable bonds is 6. The van der Waals surface area contributed by atoms with Gasteiger partial charge in [0, 0.05) is 27.5 Å². The van der Waals surface area contributed by atoms with Crippen molar-refractivity contribution in [2.45, 2.75) is 32.6 Å². The van der Waals surface area contributed by atoms with Gasteiger partial charge in [-0.3, -0.25) is 4.72 Å². The summed E-state index contributed by atoms with van der Waals surface area (Å²) in [4.78, 5) is 13.4. The highest BCUT2D eigenvalue weighted by atomic mass is 32.2. The van der Waals surface area contributed by atoms with Crippen molar-refractivity contribution in [3.8, 4) is 5.69 Å². The van der Waals surface area contributed by atoms with E-state index >= 15 is 0 Å². The largest absolute Gasteiger partial charge is 0.462 e. The molecule has 0 aliphatic carbocycles. The van der Waals surface area contributed by atoms with Gasteiger partial charge in [0.2, 0.25) is 0 Å². The van der Waals surface area contributed by atoms with E-state index in [0.29, 0.717) is 16.6 Å². The zero-order valence-electron chi connectivity index (χ0n) is 21.2. The fourth-order valence-electron chi connectivity index (χ4n) is 4.75. The maximum Gasteiger partial charge on any atom is 0.340 e. The predicted octanol–water partition coefficient (Wildman–Crippen LogP) is 6.69. The number of carbonyl (C=O) groups is 1. The van der Waals surface area contributed by atoms with Gasteiger partial charge in [0.1, 0.15) is 0 Å². The number of nitrogens with one attached hydrogen (secondary N) is 1. The van der Waals surface area contributed by atoms with Crippen LogP contribution in [0.5, 0.6) is 0 Å². The Morgan fingerprint density at radius 1 is 0.838 bits per heavy atom. The van der Waals surface area contributed by atoms with Crippen LogP contribution in [0.1, 0.15) is 34.1 Å². The third kappa shape index (κ3) is 4.36. The number of carbonyl (C=O) groups excluding carboxylic acids is 1. The first-order valence-electron chi connectivity index (χ1n) is 12.1. The Balaban J connectivity index is 1.82. The van der Waals surface area contributed by atoms with Crippen LogP contribution >= 0.6 is 0 Å². The third-order valence-corrected chi connectivity index (χ3v) is 7.94. The van der Waals surface area contributed by atoms with E-state index in [9.17, 15) is 13.2 Å². The standard InChI is InChI=1S/C30H28N2O4S/c1-5-36-30(33)28-21(4)32(22-14-10-19(2)11-15-22)29-25-9-7-6-8-24(25)27(18-26(28)29)31-37(34,35)23-16-12-20(3)13-17-23/h6-18,31H,5H2,1-4H3. The number of nitrogens with zero attached hydrogens (tertiary/aromatic N) is 1. The lowest BCUT2D eigenvalue weighted by Gasteiger charge is -2.14. The van der Waals surface area contributed by atoms with E-state index in [4.69, 9.17) is 4.74 Å². The van der Waals surface area contributed by atoms with Crippen LogP contribution in [0.25, 0.3) is 27.4 Å². The van der Waals surface area contributed by atoms with Gasteiger partial charge in [0.15, 0.2) is 0 Å². The van der Waals surface area contributed by atoms with E-state index in [1.54, 1.807) is 37.3 Å². The number of hydrogen-bond donors (Lipinski definition) is 1. The van der Waals surface area contributed by atoms with Crippen molar-refractivity contribution in [2.24, 2.45) is 0 Å². The topological polar surface area (TPSA) is 77.4 Å². The minimum Gasteiger partial charge on any atom is -0.462 e. The molecule has 0 aliphatic heterocycles. The summed E-state index contributed by atoms with van der Waals surface area (Å²) in [6.45, 7) is 7.81. The van der Waals surface area contributed by atoms with Gasteiger partial charge in [0.05, 0.1) is 28.3 Å². The number of sulfonamides is 1. The number of aryl methyl sites for hydroxylation is 2. The Labute approximate surface area is 216 Å². The summed E-state index contributed by atoms with van der Waals surface area (Å²) in [6.07, 6.45) is 0. The summed E-state index contributed by atoms with van der Waals surface area (Å²) in [7, 11) is -3.87. The van der Waals surface area contributed by atoms with Crippen LogP contribution in [0, 0.1) is 20.8 Å². The van der Waals surface area contributed by atoms with Crippen LogP contribution in [0.15, 0.2) is 83.8 Å². The molecule has 0 fully saturated rings. The number of anilines is 1. The first-order chi connectivity index (χ1) is 17.7. The molecule has 0 amide bonds. The summed E-state index contributed by atoms with van der Waals surface area (Å²) in [5, 5.41) is 2.17. The highest BCUT2D eigenvalue weighted by Gasteiger charge is 2.26. The predicted molar refractivity (Wildman–Crippen MR) is 148 cm³/mol. The molecular weight excluding hydrogens is 484 g/mol. The van der Waals surface area contributed by atoms with Gasteiger partial charge in [-0.15, -0.1) is 0 Å². The molecule has 1 aromatic heterocycles.